The molecule has 0 saturated heterocycles. The van der Waals surface area contributed by atoms with Crippen LogP contribution >= 0.6 is 0 Å². The molecule has 0 bridgehead atoms. The largest absolute Gasteiger partial charge is 0.494 e. The predicted molar refractivity (Wildman–Crippen MR) is 114 cm³/mol. The number of benzene rings is 2. The molecular weight excluding hydrogens is 352 g/mol. The molecule has 0 unspecified atom stereocenters. The second kappa shape index (κ2) is 9.93. The molecule has 2 N–H and O–H groups in total. The van der Waals surface area contributed by atoms with Crippen molar-refractivity contribution in [3.05, 3.63) is 53.6 Å². The average molecular weight is 383 g/mol. The van der Waals surface area contributed by atoms with Gasteiger partial charge in [0.1, 0.15) is 12.2 Å². The van der Waals surface area contributed by atoms with Gasteiger partial charge in [0.2, 0.25) is 11.8 Å². The third kappa shape index (κ3) is 5.84. The molecule has 2 amide bonds. The number of rotatable bonds is 8. The van der Waals surface area contributed by atoms with Crippen LogP contribution in [-0.2, 0) is 9.59 Å². The first-order chi connectivity index (χ1) is 13.3. The molecule has 0 saturated carbocycles. The fraction of sp³-hybridized carbons (Fsp3) is 0.391. The maximum Gasteiger partial charge on any atom is 0.233 e. The second-order valence-corrected chi connectivity index (χ2v) is 7.35. The van der Waals surface area contributed by atoms with Gasteiger partial charge in [-0.15, -0.1) is 0 Å². The summed E-state index contributed by atoms with van der Waals surface area (Å²) in [7, 11) is 0. The molecule has 0 aliphatic carbocycles. The van der Waals surface area contributed by atoms with Gasteiger partial charge in [0.25, 0.3) is 0 Å². The van der Waals surface area contributed by atoms with E-state index in [-0.39, 0.29) is 30.1 Å². The Labute approximate surface area is 167 Å². The molecule has 0 spiro atoms. The Hall–Kier alpha value is -2.82. The Morgan fingerprint density at radius 2 is 1.39 bits per heavy atom. The Kier molecular flexibility index (Phi) is 7.61. The molecule has 0 heterocycles. The zero-order valence-corrected chi connectivity index (χ0v) is 17.3. The van der Waals surface area contributed by atoms with E-state index in [1.165, 1.54) is 0 Å². The van der Waals surface area contributed by atoms with Crippen molar-refractivity contribution in [2.24, 2.45) is 0 Å². The number of anilines is 2. The predicted octanol–water partition coefficient (Wildman–Crippen LogP) is 5.30. The van der Waals surface area contributed by atoms with Gasteiger partial charge in [0, 0.05) is 11.4 Å². The Morgan fingerprint density at radius 1 is 0.857 bits per heavy atom. The Balaban J connectivity index is 2.04. The van der Waals surface area contributed by atoms with Crippen molar-refractivity contribution >= 4 is 23.2 Å². The number of hydrogen-bond donors (Lipinski definition) is 2. The van der Waals surface area contributed by atoms with Crippen LogP contribution in [0.4, 0.5) is 11.4 Å². The summed E-state index contributed by atoms with van der Waals surface area (Å²) in [4.78, 5) is 24.8. The van der Waals surface area contributed by atoms with E-state index in [1.54, 1.807) is 24.3 Å². The summed E-state index contributed by atoms with van der Waals surface area (Å²) in [5, 5.41) is 5.71. The molecule has 0 atom stereocenters. The molecule has 0 aromatic heterocycles. The molecular formula is C23H30N2O3. The fourth-order valence-electron chi connectivity index (χ4n) is 3.03. The van der Waals surface area contributed by atoms with Crippen molar-refractivity contribution < 1.29 is 14.3 Å². The van der Waals surface area contributed by atoms with Crippen LogP contribution in [0.25, 0.3) is 0 Å². The standard InChI is InChI=1S/C23H30N2O3/c1-6-28-18-12-10-17(11-13-18)24-21(26)14-22(27)25-23-19(15(2)3)8-7-9-20(23)16(4)5/h7-13,15-16H,6,14H2,1-5H3,(H,24,26)(H,25,27). The summed E-state index contributed by atoms with van der Waals surface area (Å²) in [6.45, 7) is 10.9. The molecule has 0 radical (unpaired) electrons. The quantitative estimate of drug-likeness (QED) is 0.609. The summed E-state index contributed by atoms with van der Waals surface area (Å²) in [6, 6.07) is 13.1. The zero-order valence-electron chi connectivity index (χ0n) is 17.3. The van der Waals surface area contributed by atoms with Crippen molar-refractivity contribution in [1.29, 1.82) is 0 Å². The van der Waals surface area contributed by atoms with Gasteiger partial charge in [0.15, 0.2) is 0 Å². The SMILES string of the molecule is CCOc1ccc(NC(=O)CC(=O)Nc2c(C(C)C)cccc2C(C)C)cc1. The topological polar surface area (TPSA) is 67.4 Å². The highest BCUT2D eigenvalue weighted by Crippen LogP contribution is 2.32. The number of ether oxygens (including phenoxy) is 1. The van der Waals surface area contributed by atoms with Gasteiger partial charge in [-0.05, 0) is 54.2 Å². The lowest BCUT2D eigenvalue weighted by molar-refractivity contribution is -0.123. The maximum atomic E-state index is 12.5. The fourth-order valence-corrected chi connectivity index (χ4v) is 3.03. The monoisotopic (exact) mass is 382 g/mol. The second-order valence-electron chi connectivity index (χ2n) is 7.35. The van der Waals surface area contributed by atoms with Crippen LogP contribution in [0.2, 0.25) is 0 Å². The van der Waals surface area contributed by atoms with Crippen molar-refractivity contribution in [2.45, 2.75) is 52.9 Å². The molecule has 0 fully saturated rings. The molecule has 5 nitrogen and oxygen atoms in total. The number of amides is 2. The van der Waals surface area contributed by atoms with Crippen LogP contribution in [0.15, 0.2) is 42.5 Å². The highest BCUT2D eigenvalue weighted by molar-refractivity contribution is 6.08. The minimum Gasteiger partial charge on any atom is -0.494 e. The molecule has 0 aliphatic heterocycles. The van der Waals surface area contributed by atoms with E-state index < -0.39 is 0 Å². The van der Waals surface area contributed by atoms with Gasteiger partial charge in [0.05, 0.1) is 6.61 Å². The van der Waals surface area contributed by atoms with Crippen LogP contribution in [-0.4, -0.2) is 18.4 Å². The molecule has 150 valence electrons. The van der Waals surface area contributed by atoms with Crippen LogP contribution in [0.3, 0.4) is 0 Å². The van der Waals surface area contributed by atoms with Gasteiger partial charge >= 0.3 is 0 Å². The number of para-hydroxylation sites is 1. The van der Waals surface area contributed by atoms with Crippen molar-refractivity contribution in [3.8, 4) is 5.75 Å². The van der Waals surface area contributed by atoms with Crippen molar-refractivity contribution in [1.82, 2.24) is 0 Å². The summed E-state index contributed by atoms with van der Waals surface area (Å²) in [6.07, 6.45) is -0.239. The molecule has 0 aliphatic rings. The number of carbonyl (C=O) groups is 2. The van der Waals surface area contributed by atoms with Gasteiger partial charge in [-0.2, -0.15) is 0 Å². The first-order valence-corrected chi connectivity index (χ1v) is 9.77. The third-order valence-corrected chi connectivity index (χ3v) is 4.41. The van der Waals surface area contributed by atoms with Crippen LogP contribution in [0, 0.1) is 0 Å². The minimum atomic E-state index is -0.352. The molecule has 2 aromatic rings. The molecule has 5 heteroatoms. The number of carbonyl (C=O) groups excluding carboxylic acids is 2. The zero-order chi connectivity index (χ0) is 20.7. The summed E-state index contributed by atoms with van der Waals surface area (Å²) in [5.74, 6) is 0.608. The highest BCUT2D eigenvalue weighted by Gasteiger charge is 2.17. The van der Waals surface area contributed by atoms with E-state index in [4.69, 9.17) is 4.74 Å². The molecule has 2 aromatic carbocycles. The normalized spacial score (nSPS) is 10.8. The van der Waals surface area contributed by atoms with E-state index in [2.05, 4.69) is 38.3 Å². The third-order valence-electron chi connectivity index (χ3n) is 4.41. The maximum absolute atomic E-state index is 12.5. The van der Waals surface area contributed by atoms with Crippen LogP contribution in [0.1, 0.15) is 64.0 Å². The molecule has 28 heavy (non-hydrogen) atoms. The van der Waals surface area contributed by atoms with Crippen LogP contribution < -0.4 is 15.4 Å². The van der Waals surface area contributed by atoms with E-state index >= 15 is 0 Å². The Morgan fingerprint density at radius 3 is 1.89 bits per heavy atom. The van der Waals surface area contributed by atoms with Gasteiger partial charge in [-0.1, -0.05) is 45.9 Å². The van der Waals surface area contributed by atoms with Crippen molar-refractivity contribution in [3.63, 3.8) is 0 Å². The van der Waals surface area contributed by atoms with E-state index in [0.717, 1.165) is 22.6 Å². The van der Waals surface area contributed by atoms with Gasteiger partial charge in [-0.25, -0.2) is 0 Å². The van der Waals surface area contributed by atoms with Gasteiger partial charge in [-0.3, -0.25) is 9.59 Å². The lowest BCUT2D eigenvalue weighted by atomic mass is 9.92. The van der Waals surface area contributed by atoms with Crippen molar-refractivity contribution in [2.75, 3.05) is 17.2 Å². The number of hydrogen-bond acceptors (Lipinski definition) is 3. The van der Waals surface area contributed by atoms with E-state index in [9.17, 15) is 9.59 Å². The summed E-state index contributed by atoms with van der Waals surface area (Å²) in [5.41, 5.74) is 3.61. The summed E-state index contributed by atoms with van der Waals surface area (Å²) >= 11 is 0. The van der Waals surface area contributed by atoms with Gasteiger partial charge < -0.3 is 15.4 Å². The lowest BCUT2D eigenvalue weighted by Crippen LogP contribution is -2.22. The first-order valence-electron chi connectivity index (χ1n) is 9.77. The number of nitrogens with one attached hydrogen (secondary N) is 2. The van der Waals surface area contributed by atoms with E-state index in [0.29, 0.717) is 12.3 Å². The Bertz CT molecular complexity index is 785. The smallest absolute Gasteiger partial charge is 0.233 e. The van der Waals surface area contributed by atoms with E-state index in [1.807, 2.05) is 25.1 Å². The summed E-state index contributed by atoms with van der Waals surface area (Å²) < 4.78 is 5.38. The lowest BCUT2D eigenvalue weighted by Gasteiger charge is -2.20. The van der Waals surface area contributed by atoms with Crippen LogP contribution in [0.5, 0.6) is 5.75 Å². The first kappa shape index (κ1) is 21.5. The average Bonchev–Trinajstić information content (AvgIpc) is 2.63. The minimum absolute atomic E-state index is 0.239. The molecule has 2 rings (SSSR count). The highest BCUT2D eigenvalue weighted by atomic mass is 16.5.